The summed E-state index contributed by atoms with van der Waals surface area (Å²) in [4.78, 5) is 9.50. The number of hydrogen-bond donors (Lipinski definition) is 2. The van der Waals surface area contributed by atoms with Gasteiger partial charge in [-0.15, -0.1) is 0 Å². The number of benzene rings is 2. The van der Waals surface area contributed by atoms with Gasteiger partial charge < -0.3 is 25.2 Å². The Hall–Kier alpha value is -2.44. The lowest BCUT2D eigenvalue weighted by Crippen LogP contribution is -2.45. The molecule has 0 aliphatic carbocycles. The van der Waals surface area contributed by atoms with E-state index in [1.807, 2.05) is 36.4 Å². The van der Waals surface area contributed by atoms with Crippen molar-refractivity contribution in [3.05, 3.63) is 58.6 Å². The molecule has 0 spiro atoms. The summed E-state index contributed by atoms with van der Waals surface area (Å²) in [6.07, 6.45) is 0. The van der Waals surface area contributed by atoms with Crippen molar-refractivity contribution in [3.63, 3.8) is 0 Å². The van der Waals surface area contributed by atoms with Crippen molar-refractivity contribution >= 4 is 23.2 Å². The zero-order valence-corrected chi connectivity index (χ0v) is 18.9. The van der Waals surface area contributed by atoms with Gasteiger partial charge in [0.05, 0.1) is 13.7 Å². The first-order chi connectivity index (χ1) is 14.6. The normalized spacial score (nSPS) is 15.2. The maximum absolute atomic E-state index is 6.59. The van der Waals surface area contributed by atoms with E-state index in [0.717, 1.165) is 60.6 Å². The summed E-state index contributed by atoms with van der Waals surface area (Å²) in [5.41, 5.74) is 3.44. The highest BCUT2D eigenvalue weighted by atomic mass is 35.5. The molecular formula is C23H32ClN5O. The van der Waals surface area contributed by atoms with Crippen LogP contribution in [0.25, 0.3) is 0 Å². The zero-order chi connectivity index (χ0) is 21.3. The number of methoxy groups -OCH3 is 1. The molecule has 0 saturated carbocycles. The second-order valence-corrected chi connectivity index (χ2v) is 7.83. The molecule has 6 nitrogen and oxygen atoms in total. The average molecular weight is 430 g/mol. The summed E-state index contributed by atoms with van der Waals surface area (Å²) in [7, 11) is 3.84. The van der Waals surface area contributed by atoms with Crippen LogP contribution in [0.1, 0.15) is 18.1 Å². The lowest BCUT2D eigenvalue weighted by molar-refractivity contribution is 0.312. The Morgan fingerprint density at radius 3 is 2.47 bits per heavy atom. The number of aliphatic imine (C=N–C) groups is 1. The number of nitrogens with one attached hydrogen (secondary N) is 2. The Morgan fingerprint density at radius 2 is 1.80 bits per heavy atom. The van der Waals surface area contributed by atoms with Crippen LogP contribution in [0.15, 0.2) is 47.5 Å². The number of anilines is 1. The number of ether oxygens (including phenoxy) is 1. The number of hydrogen-bond acceptors (Lipinski definition) is 4. The lowest BCUT2D eigenvalue weighted by atomic mass is 10.1. The van der Waals surface area contributed by atoms with Crippen molar-refractivity contribution in [2.24, 2.45) is 4.99 Å². The first-order valence-electron chi connectivity index (χ1n) is 10.5. The summed E-state index contributed by atoms with van der Waals surface area (Å²) >= 11 is 6.59. The van der Waals surface area contributed by atoms with Crippen LogP contribution in [0, 0.1) is 0 Å². The van der Waals surface area contributed by atoms with Gasteiger partial charge in [0.1, 0.15) is 5.75 Å². The number of piperazine rings is 1. The van der Waals surface area contributed by atoms with Gasteiger partial charge >= 0.3 is 0 Å². The first-order valence-corrected chi connectivity index (χ1v) is 10.8. The van der Waals surface area contributed by atoms with E-state index in [2.05, 4.69) is 40.5 Å². The number of likely N-dealkylation sites (N-methyl/N-ethyl adjacent to an activating group) is 1. The third-order valence-corrected chi connectivity index (χ3v) is 5.65. The minimum atomic E-state index is 0.590. The molecule has 3 rings (SSSR count). The second-order valence-electron chi connectivity index (χ2n) is 7.42. The standard InChI is InChI=1S/C23H32ClN5O/c1-4-25-23(26-16-18-8-10-19(30-3)11-9-18)27-17-20-21(24)6-5-7-22(20)29-14-12-28(2)13-15-29/h5-11H,4,12-17H2,1-3H3,(H2,25,26,27). The Kier molecular flexibility index (Phi) is 8.22. The van der Waals surface area contributed by atoms with E-state index < -0.39 is 0 Å². The van der Waals surface area contributed by atoms with Gasteiger partial charge in [0.15, 0.2) is 5.96 Å². The van der Waals surface area contributed by atoms with Crippen LogP contribution in [0.4, 0.5) is 5.69 Å². The van der Waals surface area contributed by atoms with Crippen molar-refractivity contribution in [2.75, 3.05) is 51.8 Å². The largest absolute Gasteiger partial charge is 0.497 e. The Bertz CT molecular complexity index is 832. The molecule has 1 aliphatic heterocycles. The maximum atomic E-state index is 6.59. The Morgan fingerprint density at radius 1 is 1.07 bits per heavy atom. The van der Waals surface area contributed by atoms with Crippen molar-refractivity contribution in [3.8, 4) is 5.75 Å². The molecule has 0 radical (unpaired) electrons. The minimum Gasteiger partial charge on any atom is -0.497 e. The second kappa shape index (κ2) is 11.1. The zero-order valence-electron chi connectivity index (χ0n) is 18.1. The quantitative estimate of drug-likeness (QED) is 0.522. The summed E-state index contributed by atoms with van der Waals surface area (Å²) in [5.74, 6) is 1.63. The predicted octanol–water partition coefficient (Wildman–Crippen LogP) is 3.36. The SMILES string of the molecule is CCNC(=NCc1ccc(OC)cc1)NCc1c(Cl)cccc1N1CCN(C)CC1. The number of rotatable bonds is 7. The van der Waals surface area contributed by atoms with Crippen LogP contribution in [0.3, 0.4) is 0 Å². The van der Waals surface area contributed by atoms with Gasteiger partial charge in [-0.1, -0.05) is 29.8 Å². The molecule has 0 atom stereocenters. The molecule has 162 valence electrons. The van der Waals surface area contributed by atoms with E-state index in [1.54, 1.807) is 7.11 Å². The van der Waals surface area contributed by atoms with Crippen LogP contribution >= 0.6 is 11.6 Å². The fraction of sp³-hybridized carbons (Fsp3) is 0.435. The molecule has 0 bridgehead atoms. The highest BCUT2D eigenvalue weighted by Gasteiger charge is 2.18. The minimum absolute atomic E-state index is 0.590. The highest BCUT2D eigenvalue weighted by Crippen LogP contribution is 2.28. The fourth-order valence-corrected chi connectivity index (χ4v) is 3.72. The van der Waals surface area contributed by atoms with E-state index in [9.17, 15) is 0 Å². The van der Waals surface area contributed by atoms with Gasteiger partial charge in [-0.3, -0.25) is 0 Å². The molecule has 2 aromatic carbocycles. The smallest absolute Gasteiger partial charge is 0.191 e. The molecular weight excluding hydrogens is 398 g/mol. The fourth-order valence-electron chi connectivity index (χ4n) is 3.48. The molecule has 1 saturated heterocycles. The maximum Gasteiger partial charge on any atom is 0.191 e. The number of guanidine groups is 1. The van der Waals surface area contributed by atoms with Crippen LogP contribution < -0.4 is 20.3 Å². The number of halogens is 1. The topological polar surface area (TPSA) is 52.1 Å². The molecule has 1 fully saturated rings. The van der Waals surface area contributed by atoms with Crippen molar-refractivity contribution in [1.29, 1.82) is 0 Å². The van der Waals surface area contributed by atoms with Crippen LogP contribution in [0.5, 0.6) is 5.75 Å². The van der Waals surface area contributed by atoms with Crippen molar-refractivity contribution in [2.45, 2.75) is 20.0 Å². The van der Waals surface area contributed by atoms with Gasteiger partial charge in [0, 0.05) is 55.5 Å². The van der Waals surface area contributed by atoms with Crippen molar-refractivity contribution in [1.82, 2.24) is 15.5 Å². The van der Waals surface area contributed by atoms with Gasteiger partial charge in [-0.05, 0) is 43.8 Å². The van der Waals surface area contributed by atoms with Gasteiger partial charge in [0.2, 0.25) is 0 Å². The predicted molar refractivity (Wildman–Crippen MR) is 126 cm³/mol. The highest BCUT2D eigenvalue weighted by molar-refractivity contribution is 6.31. The summed E-state index contributed by atoms with van der Waals surface area (Å²) < 4.78 is 5.22. The van der Waals surface area contributed by atoms with Crippen molar-refractivity contribution < 1.29 is 4.74 Å². The average Bonchev–Trinajstić information content (AvgIpc) is 2.77. The molecule has 0 aromatic heterocycles. The van der Waals surface area contributed by atoms with Gasteiger partial charge in [-0.2, -0.15) is 0 Å². The van der Waals surface area contributed by atoms with Gasteiger partial charge in [-0.25, -0.2) is 4.99 Å². The lowest BCUT2D eigenvalue weighted by Gasteiger charge is -2.35. The molecule has 1 heterocycles. The Labute approximate surface area is 184 Å². The van der Waals surface area contributed by atoms with Crippen LogP contribution in [0.2, 0.25) is 5.02 Å². The molecule has 0 amide bonds. The third kappa shape index (κ3) is 6.03. The van der Waals surface area contributed by atoms with E-state index >= 15 is 0 Å². The Balaban J connectivity index is 1.69. The monoisotopic (exact) mass is 429 g/mol. The molecule has 1 aliphatic rings. The summed E-state index contributed by atoms with van der Waals surface area (Å²) in [6, 6.07) is 14.1. The van der Waals surface area contributed by atoms with Gasteiger partial charge in [0.25, 0.3) is 0 Å². The first kappa shape index (κ1) is 22.2. The van der Waals surface area contributed by atoms with E-state index in [0.29, 0.717) is 13.1 Å². The molecule has 2 N–H and O–H groups in total. The molecule has 2 aromatic rings. The third-order valence-electron chi connectivity index (χ3n) is 5.29. The van der Waals surface area contributed by atoms with Crippen LogP contribution in [-0.2, 0) is 13.1 Å². The van der Waals surface area contributed by atoms with Crippen LogP contribution in [-0.4, -0.2) is 57.7 Å². The molecule has 30 heavy (non-hydrogen) atoms. The summed E-state index contributed by atoms with van der Waals surface area (Å²) in [5, 5.41) is 7.55. The molecule has 7 heteroatoms. The summed E-state index contributed by atoms with van der Waals surface area (Å²) in [6.45, 7) is 8.21. The number of nitrogens with zero attached hydrogens (tertiary/aromatic N) is 3. The van der Waals surface area contributed by atoms with E-state index in [-0.39, 0.29) is 0 Å². The molecule has 0 unspecified atom stereocenters. The van der Waals surface area contributed by atoms with E-state index in [1.165, 1.54) is 5.69 Å². The van der Waals surface area contributed by atoms with E-state index in [4.69, 9.17) is 21.3 Å².